The fraction of sp³-hybridized carbons (Fsp3) is 0.280. The van der Waals surface area contributed by atoms with Crippen molar-refractivity contribution < 1.29 is 14.6 Å². The minimum atomic E-state index is -0.728. The summed E-state index contributed by atoms with van der Waals surface area (Å²) in [6, 6.07) is 13.5. The van der Waals surface area contributed by atoms with E-state index in [1.165, 1.54) is 0 Å². The molecule has 33 heavy (non-hydrogen) atoms. The van der Waals surface area contributed by atoms with Crippen molar-refractivity contribution in [3.63, 3.8) is 0 Å². The molecule has 8 nitrogen and oxygen atoms in total. The van der Waals surface area contributed by atoms with E-state index in [-0.39, 0.29) is 36.1 Å². The van der Waals surface area contributed by atoms with Gasteiger partial charge in [-0.15, -0.1) is 0 Å². The number of aliphatic hydroxyl groups excluding tert-OH is 1. The SMILES string of the molecule is C=C1[C@H](COC(=O)Cc2cccc3ccccc23)[C@@H](O)C[C@@H]1n1cnc2c(=O)[nH]c(C)nc21. The van der Waals surface area contributed by atoms with Crippen LogP contribution in [-0.4, -0.2) is 43.3 Å². The summed E-state index contributed by atoms with van der Waals surface area (Å²) >= 11 is 0. The smallest absolute Gasteiger partial charge is 0.310 e. The highest BCUT2D eigenvalue weighted by molar-refractivity contribution is 5.89. The number of esters is 1. The van der Waals surface area contributed by atoms with Gasteiger partial charge in [0.05, 0.1) is 24.9 Å². The fourth-order valence-corrected chi connectivity index (χ4v) is 4.65. The van der Waals surface area contributed by atoms with Crippen molar-refractivity contribution in [1.29, 1.82) is 0 Å². The topological polar surface area (TPSA) is 110 Å². The zero-order valence-electron chi connectivity index (χ0n) is 18.2. The molecule has 5 rings (SSSR count). The van der Waals surface area contributed by atoms with Crippen molar-refractivity contribution in [2.24, 2.45) is 5.92 Å². The van der Waals surface area contributed by atoms with Gasteiger partial charge in [-0.2, -0.15) is 0 Å². The van der Waals surface area contributed by atoms with Crippen LogP contribution in [0, 0.1) is 12.8 Å². The van der Waals surface area contributed by atoms with E-state index in [0.717, 1.165) is 21.9 Å². The summed E-state index contributed by atoms with van der Waals surface area (Å²) < 4.78 is 7.32. The molecule has 2 heterocycles. The third kappa shape index (κ3) is 3.82. The molecule has 2 N–H and O–H groups in total. The molecule has 1 saturated carbocycles. The number of carbonyl (C=O) groups is 1. The van der Waals surface area contributed by atoms with E-state index in [2.05, 4.69) is 21.5 Å². The molecule has 2 aromatic carbocycles. The van der Waals surface area contributed by atoms with Crippen LogP contribution in [-0.2, 0) is 16.0 Å². The average molecular weight is 444 g/mol. The summed E-state index contributed by atoms with van der Waals surface area (Å²) in [6.45, 7) is 5.91. The Bertz CT molecular complexity index is 1430. The van der Waals surface area contributed by atoms with Gasteiger partial charge in [0.15, 0.2) is 11.2 Å². The number of hydrogen-bond donors (Lipinski definition) is 2. The molecule has 0 amide bonds. The van der Waals surface area contributed by atoms with Gasteiger partial charge in [-0.05, 0) is 35.3 Å². The Labute approximate surface area is 189 Å². The third-order valence-corrected chi connectivity index (χ3v) is 6.36. The van der Waals surface area contributed by atoms with Gasteiger partial charge in [0.2, 0.25) is 0 Å². The predicted molar refractivity (Wildman–Crippen MR) is 124 cm³/mol. The molecule has 4 aromatic rings. The standard InChI is InChI=1S/C25H24N4O4/c1-14-19(12-33-22(31)10-17-8-5-7-16-6-3-4-9-18(16)17)21(30)11-20(14)29-13-26-23-24(29)27-15(2)28-25(23)32/h3-9,13,19-21,30H,1,10-12H2,2H3,(H,27,28,32)/t19-,20-,21-/m0/s1. The molecule has 0 aliphatic heterocycles. The zero-order chi connectivity index (χ0) is 23.1. The Morgan fingerprint density at radius 2 is 2.06 bits per heavy atom. The second kappa shape index (κ2) is 8.29. The Morgan fingerprint density at radius 3 is 2.91 bits per heavy atom. The maximum absolute atomic E-state index is 12.6. The van der Waals surface area contributed by atoms with Crippen molar-refractivity contribution >= 4 is 27.9 Å². The van der Waals surface area contributed by atoms with E-state index in [0.29, 0.717) is 17.9 Å². The number of aryl methyl sites for hydroxylation is 1. The first-order valence-electron chi connectivity index (χ1n) is 10.8. The molecule has 3 atom stereocenters. The lowest BCUT2D eigenvalue weighted by Crippen LogP contribution is -2.22. The van der Waals surface area contributed by atoms with Crippen molar-refractivity contribution in [2.45, 2.75) is 31.9 Å². The second-order valence-electron chi connectivity index (χ2n) is 8.47. The Hall–Kier alpha value is -3.78. The largest absolute Gasteiger partial charge is 0.465 e. The number of aliphatic hydroxyl groups is 1. The number of imidazole rings is 1. The number of H-pyrrole nitrogens is 1. The van der Waals surface area contributed by atoms with Crippen molar-refractivity contribution in [3.8, 4) is 0 Å². The van der Waals surface area contributed by atoms with Crippen molar-refractivity contribution in [3.05, 3.63) is 82.7 Å². The molecule has 8 heteroatoms. The summed E-state index contributed by atoms with van der Waals surface area (Å²) in [4.78, 5) is 36.0. The van der Waals surface area contributed by atoms with Gasteiger partial charge >= 0.3 is 5.97 Å². The highest BCUT2D eigenvalue weighted by atomic mass is 16.5. The van der Waals surface area contributed by atoms with Gasteiger partial charge < -0.3 is 19.4 Å². The first kappa shape index (κ1) is 21.1. The molecule has 0 spiro atoms. The molecular weight excluding hydrogens is 420 g/mol. The molecule has 0 radical (unpaired) electrons. The maximum atomic E-state index is 12.6. The van der Waals surface area contributed by atoms with E-state index in [1.54, 1.807) is 17.8 Å². The molecule has 0 saturated heterocycles. The number of aromatic amines is 1. The van der Waals surface area contributed by atoms with Crippen LogP contribution in [0.1, 0.15) is 23.9 Å². The lowest BCUT2D eigenvalue weighted by atomic mass is 10.0. The van der Waals surface area contributed by atoms with Crippen LogP contribution in [0.4, 0.5) is 0 Å². The molecular formula is C25H24N4O4. The number of rotatable bonds is 5. The van der Waals surface area contributed by atoms with Crippen LogP contribution in [0.2, 0.25) is 0 Å². The van der Waals surface area contributed by atoms with Gasteiger partial charge in [-0.3, -0.25) is 9.59 Å². The Balaban J connectivity index is 1.30. The van der Waals surface area contributed by atoms with Crippen molar-refractivity contribution in [1.82, 2.24) is 19.5 Å². The molecule has 2 aromatic heterocycles. The fourth-order valence-electron chi connectivity index (χ4n) is 4.65. The van der Waals surface area contributed by atoms with E-state index >= 15 is 0 Å². The first-order chi connectivity index (χ1) is 15.9. The molecule has 1 aliphatic carbocycles. The van der Waals surface area contributed by atoms with Crippen LogP contribution in [0.25, 0.3) is 21.9 Å². The number of ether oxygens (including phenoxy) is 1. The summed E-state index contributed by atoms with van der Waals surface area (Å²) in [7, 11) is 0. The second-order valence-corrected chi connectivity index (χ2v) is 8.47. The number of nitrogens with one attached hydrogen (secondary N) is 1. The summed E-state index contributed by atoms with van der Waals surface area (Å²) in [6.07, 6.45) is 1.35. The van der Waals surface area contributed by atoms with E-state index in [9.17, 15) is 14.7 Å². The van der Waals surface area contributed by atoms with Crippen LogP contribution in [0.15, 0.2) is 65.7 Å². The molecule has 1 fully saturated rings. The maximum Gasteiger partial charge on any atom is 0.310 e. The molecule has 0 unspecified atom stereocenters. The van der Waals surface area contributed by atoms with Crippen LogP contribution >= 0.6 is 0 Å². The molecule has 0 bridgehead atoms. The third-order valence-electron chi connectivity index (χ3n) is 6.36. The lowest BCUT2D eigenvalue weighted by molar-refractivity contribution is -0.144. The van der Waals surface area contributed by atoms with Gasteiger partial charge in [0, 0.05) is 5.92 Å². The Morgan fingerprint density at radius 1 is 1.27 bits per heavy atom. The Kier molecular flexibility index (Phi) is 5.30. The number of hydrogen-bond acceptors (Lipinski definition) is 6. The molecule has 168 valence electrons. The van der Waals surface area contributed by atoms with E-state index in [4.69, 9.17) is 4.74 Å². The number of benzene rings is 2. The monoisotopic (exact) mass is 444 g/mol. The minimum Gasteiger partial charge on any atom is -0.465 e. The first-order valence-corrected chi connectivity index (χ1v) is 10.8. The van der Waals surface area contributed by atoms with Crippen LogP contribution in [0.5, 0.6) is 0 Å². The highest BCUT2D eigenvalue weighted by Crippen LogP contribution is 2.40. The summed E-state index contributed by atoms with van der Waals surface area (Å²) in [5.41, 5.74) is 2.01. The highest BCUT2D eigenvalue weighted by Gasteiger charge is 2.39. The normalized spacial score (nSPS) is 20.5. The molecule has 1 aliphatic rings. The van der Waals surface area contributed by atoms with Gasteiger partial charge in [0.1, 0.15) is 12.4 Å². The minimum absolute atomic E-state index is 0.0414. The average Bonchev–Trinajstić information content (AvgIpc) is 3.33. The van der Waals surface area contributed by atoms with Gasteiger partial charge in [-0.1, -0.05) is 49.0 Å². The summed E-state index contributed by atoms with van der Waals surface area (Å²) in [5, 5.41) is 12.8. The van der Waals surface area contributed by atoms with Crippen LogP contribution in [0.3, 0.4) is 0 Å². The number of nitrogens with zero attached hydrogens (tertiary/aromatic N) is 3. The summed E-state index contributed by atoms with van der Waals surface area (Å²) in [5.74, 6) is -0.281. The van der Waals surface area contributed by atoms with Gasteiger partial charge in [0.25, 0.3) is 5.56 Å². The number of fused-ring (bicyclic) bond motifs is 2. The predicted octanol–water partition coefficient (Wildman–Crippen LogP) is 2.85. The van der Waals surface area contributed by atoms with Gasteiger partial charge in [-0.25, -0.2) is 9.97 Å². The quantitative estimate of drug-likeness (QED) is 0.362. The van der Waals surface area contributed by atoms with E-state index < -0.39 is 12.0 Å². The zero-order valence-corrected chi connectivity index (χ0v) is 18.2. The lowest BCUT2D eigenvalue weighted by Gasteiger charge is -2.18. The van der Waals surface area contributed by atoms with E-state index in [1.807, 2.05) is 42.5 Å². The number of aromatic nitrogens is 4. The van der Waals surface area contributed by atoms with Crippen molar-refractivity contribution in [2.75, 3.05) is 6.61 Å². The van der Waals surface area contributed by atoms with Crippen LogP contribution < -0.4 is 5.56 Å². The number of carbonyl (C=O) groups excluding carboxylic acids is 1.